The number of carbonyl (C=O) groups is 1. The maximum atomic E-state index is 14.0. The summed E-state index contributed by atoms with van der Waals surface area (Å²) in [5.41, 5.74) is 2.94. The van der Waals surface area contributed by atoms with Crippen molar-refractivity contribution in [2.75, 3.05) is 4.90 Å². The van der Waals surface area contributed by atoms with Crippen LogP contribution >= 0.6 is 0 Å². The number of carbonyl (C=O) groups excluding carboxylic acids is 1. The van der Waals surface area contributed by atoms with Gasteiger partial charge in [0.25, 0.3) is 0 Å². The molecule has 0 saturated carbocycles. The molecule has 0 bridgehead atoms. The predicted octanol–water partition coefficient (Wildman–Crippen LogP) is 2.84. The van der Waals surface area contributed by atoms with Gasteiger partial charge in [-0.15, -0.1) is 0 Å². The minimum atomic E-state index is -1.20. The van der Waals surface area contributed by atoms with Gasteiger partial charge in [0.1, 0.15) is 0 Å². The third-order valence-corrected chi connectivity index (χ3v) is 3.09. The number of alkyl halides is 1. The Bertz CT molecular complexity index is 430. The van der Waals surface area contributed by atoms with Crippen LogP contribution in [0.2, 0.25) is 0 Å². The first-order valence-electron chi connectivity index (χ1n) is 5.54. The van der Waals surface area contributed by atoms with Crippen molar-refractivity contribution in [2.24, 2.45) is 5.92 Å². The van der Waals surface area contributed by atoms with Gasteiger partial charge in [-0.05, 0) is 25.0 Å². The maximum absolute atomic E-state index is 14.0. The summed E-state index contributed by atoms with van der Waals surface area (Å²) in [5.74, 6) is -0.373. The topological polar surface area (TPSA) is 20.3 Å². The summed E-state index contributed by atoms with van der Waals surface area (Å²) in [6.45, 7) is 5.25. The fraction of sp³-hybridized carbons (Fsp3) is 0.462. The smallest absolute Gasteiger partial charge is 0.226 e. The number of benzene rings is 1. The van der Waals surface area contributed by atoms with Crippen LogP contribution in [0.3, 0.4) is 0 Å². The zero-order valence-electron chi connectivity index (χ0n) is 9.83. The number of nitrogens with zero attached hydrogens (tertiary/aromatic N) is 1. The van der Waals surface area contributed by atoms with Gasteiger partial charge >= 0.3 is 0 Å². The number of halogens is 1. The van der Waals surface area contributed by atoms with Gasteiger partial charge in [-0.25, -0.2) is 4.39 Å². The van der Waals surface area contributed by atoms with Crippen molar-refractivity contribution in [2.45, 2.75) is 33.5 Å². The molecule has 0 spiro atoms. The lowest BCUT2D eigenvalue weighted by Gasteiger charge is -2.36. The lowest BCUT2D eigenvalue weighted by atomic mass is 9.91. The lowest BCUT2D eigenvalue weighted by Crippen LogP contribution is -2.44. The third kappa shape index (κ3) is 1.70. The molecular formula is C13H16FNO. The number of fused-ring (bicyclic) bond motifs is 1. The van der Waals surface area contributed by atoms with E-state index in [0.29, 0.717) is 6.42 Å². The van der Waals surface area contributed by atoms with Crippen molar-refractivity contribution in [3.63, 3.8) is 0 Å². The predicted molar refractivity (Wildman–Crippen MR) is 62.1 cm³/mol. The molecule has 1 aromatic rings. The van der Waals surface area contributed by atoms with Crippen LogP contribution in [0.5, 0.6) is 0 Å². The molecule has 86 valence electrons. The first-order chi connectivity index (χ1) is 7.50. The minimum absolute atomic E-state index is 0.141. The highest BCUT2D eigenvalue weighted by atomic mass is 19.1. The number of amides is 1. The van der Waals surface area contributed by atoms with E-state index < -0.39 is 6.30 Å². The summed E-state index contributed by atoms with van der Waals surface area (Å²) >= 11 is 0. The molecule has 1 aromatic carbocycles. The van der Waals surface area contributed by atoms with Crippen molar-refractivity contribution in [1.82, 2.24) is 0 Å². The summed E-state index contributed by atoms with van der Waals surface area (Å²) in [6.07, 6.45) is -0.505. The standard InChI is InChI=1S/C13H16FNO/c1-8-4-5-12-11(6-8)7-9(2)13(14)15(12)10(3)16/h4-6,9,13H,7H2,1-3H3/t9?,13-/m1/s1. The van der Waals surface area contributed by atoms with Crippen LogP contribution in [0.1, 0.15) is 25.0 Å². The maximum Gasteiger partial charge on any atom is 0.226 e. The van der Waals surface area contributed by atoms with Crippen molar-refractivity contribution in [3.8, 4) is 0 Å². The van der Waals surface area contributed by atoms with E-state index in [1.807, 2.05) is 32.0 Å². The normalized spacial score (nSPS) is 24.1. The van der Waals surface area contributed by atoms with E-state index in [4.69, 9.17) is 0 Å². The van der Waals surface area contributed by atoms with E-state index in [2.05, 4.69) is 0 Å². The van der Waals surface area contributed by atoms with Crippen molar-refractivity contribution in [3.05, 3.63) is 29.3 Å². The van der Waals surface area contributed by atoms with Gasteiger partial charge in [-0.2, -0.15) is 0 Å². The van der Waals surface area contributed by atoms with E-state index in [1.54, 1.807) is 0 Å². The fourth-order valence-corrected chi connectivity index (χ4v) is 2.29. The van der Waals surface area contributed by atoms with Crippen LogP contribution in [-0.2, 0) is 11.2 Å². The molecule has 2 nitrogen and oxygen atoms in total. The lowest BCUT2D eigenvalue weighted by molar-refractivity contribution is -0.118. The number of hydrogen-bond donors (Lipinski definition) is 0. The average molecular weight is 221 g/mol. The summed E-state index contributed by atoms with van der Waals surface area (Å²) < 4.78 is 14.0. The molecule has 1 aliphatic rings. The molecule has 1 heterocycles. The van der Waals surface area contributed by atoms with Crippen LogP contribution in [-0.4, -0.2) is 12.2 Å². The second-order valence-electron chi connectivity index (χ2n) is 4.58. The van der Waals surface area contributed by atoms with Crippen molar-refractivity contribution in [1.29, 1.82) is 0 Å². The van der Waals surface area contributed by atoms with E-state index in [-0.39, 0.29) is 11.8 Å². The molecule has 0 aliphatic carbocycles. The first kappa shape index (κ1) is 11.1. The summed E-state index contributed by atoms with van der Waals surface area (Å²) in [4.78, 5) is 12.8. The van der Waals surface area contributed by atoms with Crippen molar-refractivity contribution < 1.29 is 9.18 Å². The first-order valence-corrected chi connectivity index (χ1v) is 5.54. The Balaban J connectivity index is 2.52. The van der Waals surface area contributed by atoms with Crippen LogP contribution in [0.15, 0.2) is 18.2 Å². The summed E-state index contributed by atoms with van der Waals surface area (Å²) in [7, 11) is 0. The van der Waals surface area contributed by atoms with Crippen LogP contribution in [0.25, 0.3) is 0 Å². The molecule has 16 heavy (non-hydrogen) atoms. The van der Waals surface area contributed by atoms with E-state index in [0.717, 1.165) is 16.8 Å². The van der Waals surface area contributed by atoms with Gasteiger partial charge in [-0.3, -0.25) is 9.69 Å². The zero-order chi connectivity index (χ0) is 11.9. The average Bonchev–Trinajstić information content (AvgIpc) is 2.19. The summed E-state index contributed by atoms with van der Waals surface area (Å²) in [5, 5.41) is 0. The van der Waals surface area contributed by atoms with Crippen LogP contribution < -0.4 is 4.90 Å². The second-order valence-corrected chi connectivity index (χ2v) is 4.58. The van der Waals surface area contributed by atoms with Crippen molar-refractivity contribution >= 4 is 11.6 Å². The molecule has 0 N–H and O–H groups in total. The number of anilines is 1. The van der Waals surface area contributed by atoms with Crippen LogP contribution in [0.4, 0.5) is 10.1 Å². The van der Waals surface area contributed by atoms with E-state index >= 15 is 0 Å². The third-order valence-electron chi connectivity index (χ3n) is 3.09. The molecule has 0 aromatic heterocycles. The molecule has 0 fully saturated rings. The molecule has 1 unspecified atom stereocenters. The number of rotatable bonds is 0. The Morgan fingerprint density at radius 2 is 2.19 bits per heavy atom. The molecule has 1 amide bonds. The van der Waals surface area contributed by atoms with Gasteiger partial charge < -0.3 is 0 Å². The summed E-state index contributed by atoms with van der Waals surface area (Å²) in [6, 6.07) is 5.79. The van der Waals surface area contributed by atoms with Gasteiger partial charge in [0.05, 0.1) is 0 Å². The largest absolute Gasteiger partial charge is 0.281 e. The highest BCUT2D eigenvalue weighted by Crippen LogP contribution is 2.34. The van der Waals surface area contributed by atoms with Gasteiger partial charge in [0.15, 0.2) is 6.30 Å². The number of aryl methyl sites for hydroxylation is 1. The molecule has 0 radical (unpaired) electrons. The van der Waals surface area contributed by atoms with Gasteiger partial charge in [0.2, 0.25) is 5.91 Å². The van der Waals surface area contributed by atoms with E-state index in [9.17, 15) is 9.18 Å². The SMILES string of the molecule is CC(=O)N1c2ccc(C)cc2CC(C)[C@@H]1F. The molecule has 2 atom stereocenters. The minimum Gasteiger partial charge on any atom is -0.281 e. The monoisotopic (exact) mass is 221 g/mol. The number of hydrogen-bond acceptors (Lipinski definition) is 1. The molecule has 3 heteroatoms. The Labute approximate surface area is 95.1 Å². The Hall–Kier alpha value is -1.38. The second kappa shape index (κ2) is 3.89. The molecule has 2 rings (SSSR count). The molecule has 0 saturated heterocycles. The Morgan fingerprint density at radius 3 is 2.81 bits per heavy atom. The zero-order valence-corrected chi connectivity index (χ0v) is 9.83. The Kier molecular flexibility index (Phi) is 2.70. The van der Waals surface area contributed by atoms with Gasteiger partial charge in [-0.1, -0.05) is 24.6 Å². The van der Waals surface area contributed by atoms with Crippen LogP contribution in [0, 0.1) is 12.8 Å². The highest BCUT2D eigenvalue weighted by Gasteiger charge is 2.33. The highest BCUT2D eigenvalue weighted by molar-refractivity contribution is 5.93. The molecule has 1 aliphatic heterocycles. The quantitative estimate of drug-likeness (QED) is 0.617. The fourth-order valence-electron chi connectivity index (χ4n) is 2.29. The molecular weight excluding hydrogens is 205 g/mol. The van der Waals surface area contributed by atoms with Gasteiger partial charge in [0, 0.05) is 18.5 Å². The Morgan fingerprint density at radius 1 is 1.50 bits per heavy atom. The van der Waals surface area contributed by atoms with E-state index in [1.165, 1.54) is 11.8 Å².